The molecule has 1 N–H and O–H groups in total. The van der Waals surface area contributed by atoms with Gasteiger partial charge in [0.1, 0.15) is 4.21 Å². The van der Waals surface area contributed by atoms with E-state index in [0.29, 0.717) is 29.1 Å². The molecule has 0 amide bonds. The fourth-order valence-corrected chi connectivity index (χ4v) is 6.76. The Hall–Kier alpha value is -1.12. The van der Waals surface area contributed by atoms with E-state index in [0.717, 1.165) is 36.9 Å². The number of thiophene rings is 1. The molecule has 1 aliphatic rings. The number of likely N-dealkylation sites (tertiary alicyclic amines) is 1. The number of hydrogen-bond acceptors (Lipinski definition) is 4. The standard InChI is InChI=1S/C19H34N4O2S2/c1-6-23(7-2)27(24,25)18-9-8-17(26-18)10-11-21-19(20-5)22-13-15(3)12-16(4)14-22/h8-9,15-16H,6-7,10-14H2,1-5H3,(H,20,21). The molecule has 0 aliphatic carbocycles. The largest absolute Gasteiger partial charge is 0.356 e. The van der Waals surface area contributed by atoms with Crippen LogP contribution in [0.2, 0.25) is 0 Å². The molecule has 6 nitrogen and oxygen atoms in total. The van der Waals surface area contributed by atoms with E-state index in [9.17, 15) is 8.42 Å². The summed E-state index contributed by atoms with van der Waals surface area (Å²) in [5, 5.41) is 3.44. The van der Waals surface area contributed by atoms with Crippen molar-refractivity contribution >= 4 is 27.3 Å². The van der Waals surface area contributed by atoms with E-state index in [-0.39, 0.29) is 0 Å². The molecular formula is C19H34N4O2S2. The molecule has 2 heterocycles. The molecule has 0 radical (unpaired) electrons. The summed E-state index contributed by atoms with van der Waals surface area (Å²) in [6.07, 6.45) is 2.06. The van der Waals surface area contributed by atoms with Gasteiger partial charge in [-0.2, -0.15) is 4.31 Å². The van der Waals surface area contributed by atoms with Crippen molar-refractivity contribution in [2.24, 2.45) is 16.8 Å². The average Bonchev–Trinajstić information content (AvgIpc) is 3.08. The molecule has 1 saturated heterocycles. The molecule has 2 atom stereocenters. The maximum atomic E-state index is 12.6. The Bertz CT molecular complexity index is 716. The van der Waals surface area contributed by atoms with Crippen LogP contribution in [-0.4, -0.2) is 63.4 Å². The van der Waals surface area contributed by atoms with Crippen LogP contribution in [0.5, 0.6) is 0 Å². The Morgan fingerprint density at radius 2 is 1.89 bits per heavy atom. The van der Waals surface area contributed by atoms with Crippen LogP contribution in [0, 0.1) is 11.8 Å². The van der Waals surface area contributed by atoms with Crippen LogP contribution >= 0.6 is 11.3 Å². The van der Waals surface area contributed by atoms with Gasteiger partial charge in [0.15, 0.2) is 5.96 Å². The molecule has 0 saturated carbocycles. The van der Waals surface area contributed by atoms with Crippen LogP contribution < -0.4 is 5.32 Å². The molecule has 8 heteroatoms. The highest BCUT2D eigenvalue weighted by molar-refractivity contribution is 7.91. The predicted octanol–water partition coefficient (Wildman–Crippen LogP) is 2.87. The fourth-order valence-electron chi connectivity index (χ4n) is 3.79. The Kier molecular flexibility index (Phi) is 8.12. The number of sulfonamides is 1. The summed E-state index contributed by atoms with van der Waals surface area (Å²) in [6.45, 7) is 12.1. The molecule has 2 rings (SSSR count). The summed E-state index contributed by atoms with van der Waals surface area (Å²) < 4.78 is 27.1. The van der Waals surface area contributed by atoms with E-state index in [2.05, 4.69) is 29.1 Å². The predicted molar refractivity (Wildman–Crippen MR) is 114 cm³/mol. The zero-order chi connectivity index (χ0) is 20.0. The van der Waals surface area contributed by atoms with E-state index in [1.807, 2.05) is 27.0 Å². The Morgan fingerprint density at radius 3 is 2.44 bits per heavy atom. The average molecular weight is 415 g/mol. The van der Waals surface area contributed by atoms with E-state index in [1.54, 1.807) is 6.07 Å². The van der Waals surface area contributed by atoms with Crippen molar-refractivity contribution in [1.29, 1.82) is 0 Å². The lowest BCUT2D eigenvalue weighted by atomic mass is 9.92. The highest BCUT2D eigenvalue weighted by atomic mass is 32.2. The van der Waals surface area contributed by atoms with Crippen LogP contribution in [0.1, 0.15) is 39.0 Å². The number of piperidine rings is 1. The number of nitrogens with one attached hydrogen (secondary N) is 1. The second-order valence-corrected chi connectivity index (χ2v) is 10.7. The Labute approximate surface area is 168 Å². The third-order valence-corrected chi connectivity index (χ3v) is 8.63. The van der Waals surface area contributed by atoms with Crippen LogP contribution in [0.15, 0.2) is 21.3 Å². The maximum absolute atomic E-state index is 12.6. The molecule has 0 bridgehead atoms. The van der Waals surface area contributed by atoms with Gasteiger partial charge in [0.2, 0.25) is 0 Å². The normalized spacial score (nSPS) is 21.7. The quantitative estimate of drug-likeness (QED) is 0.550. The smallest absolute Gasteiger partial charge is 0.252 e. The molecule has 0 aromatic carbocycles. The number of aliphatic imine (C=N–C) groups is 1. The first-order chi connectivity index (χ1) is 12.8. The molecule has 1 fully saturated rings. The van der Waals surface area contributed by atoms with E-state index in [4.69, 9.17) is 0 Å². The van der Waals surface area contributed by atoms with Crippen LogP contribution in [-0.2, 0) is 16.4 Å². The van der Waals surface area contributed by atoms with Crippen molar-refractivity contribution in [1.82, 2.24) is 14.5 Å². The summed E-state index contributed by atoms with van der Waals surface area (Å²) in [6, 6.07) is 3.66. The molecule has 1 aromatic rings. The SMILES string of the molecule is CCN(CC)S(=O)(=O)c1ccc(CCNC(=NC)N2CC(C)CC(C)C2)s1. The highest BCUT2D eigenvalue weighted by Gasteiger charge is 2.25. The zero-order valence-electron chi connectivity index (χ0n) is 17.2. The van der Waals surface area contributed by atoms with Gasteiger partial charge in [-0.05, 0) is 36.8 Å². The number of hydrogen-bond donors (Lipinski definition) is 1. The summed E-state index contributed by atoms with van der Waals surface area (Å²) in [5.74, 6) is 2.30. The van der Waals surface area contributed by atoms with Gasteiger partial charge >= 0.3 is 0 Å². The van der Waals surface area contributed by atoms with Crippen molar-refractivity contribution in [3.8, 4) is 0 Å². The number of guanidine groups is 1. The van der Waals surface area contributed by atoms with E-state index >= 15 is 0 Å². The summed E-state index contributed by atoms with van der Waals surface area (Å²) in [5.41, 5.74) is 0. The van der Waals surface area contributed by atoms with E-state index < -0.39 is 10.0 Å². The van der Waals surface area contributed by atoms with Gasteiger partial charge in [0.05, 0.1) is 0 Å². The minimum atomic E-state index is -3.36. The maximum Gasteiger partial charge on any atom is 0.252 e. The summed E-state index contributed by atoms with van der Waals surface area (Å²) in [4.78, 5) is 7.84. The lowest BCUT2D eigenvalue weighted by Gasteiger charge is -2.37. The molecule has 1 aromatic heterocycles. The van der Waals surface area contributed by atoms with Crippen LogP contribution in [0.25, 0.3) is 0 Å². The van der Waals surface area contributed by atoms with Crippen LogP contribution in [0.4, 0.5) is 0 Å². The first-order valence-corrected chi connectivity index (χ1v) is 12.1. The second-order valence-electron chi connectivity index (χ2n) is 7.39. The van der Waals surface area contributed by atoms with Crippen molar-refractivity contribution in [2.75, 3.05) is 39.8 Å². The van der Waals surface area contributed by atoms with Crippen molar-refractivity contribution in [3.63, 3.8) is 0 Å². The second kappa shape index (κ2) is 9.89. The highest BCUT2D eigenvalue weighted by Crippen LogP contribution is 2.25. The minimum Gasteiger partial charge on any atom is -0.356 e. The van der Waals surface area contributed by atoms with Crippen molar-refractivity contribution in [3.05, 3.63) is 17.0 Å². The third-order valence-electron chi connectivity index (χ3n) is 4.97. The summed E-state index contributed by atoms with van der Waals surface area (Å²) >= 11 is 1.37. The van der Waals surface area contributed by atoms with Gasteiger partial charge in [-0.15, -0.1) is 11.3 Å². The van der Waals surface area contributed by atoms with Crippen molar-refractivity contribution < 1.29 is 8.42 Å². The van der Waals surface area contributed by atoms with Gasteiger partial charge in [0, 0.05) is 44.6 Å². The first kappa shape index (κ1) is 22.2. The third kappa shape index (κ3) is 5.68. The number of nitrogens with zero attached hydrogens (tertiary/aromatic N) is 3. The summed E-state index contributed by atoms with van der Waals surface area (Å²) in [7, 11) is -1.53. The lowest BCUT2D eigenvalue weighted by molar-refractivity contribution is 0.208. The van der Waals surface area contributed by atoms with Gasteiger partial charge in [-0.1, -0.05) is 27.7 Å². The minimum absolute atomic E-state index is 0.435. The lowest BCUT2D eigenvalue weighted by Crippen LogP contribution is -2.48. The Balaban J connectivity index is 1.93. The van der Waals surface area contributed by atoms with E-state index in [1.165, 1.54) is 22.1 Å². The van der Waals surface area contributed by atoms with Gasteiger partial charge in [-0.3, -0.25) is 4.99 Å². The monoisotopic (exact) mass is 414 g/mol. The first-order valence-electron chi connectivity index (χ1n) is 9.86. The molecule has 2 unspecified atom stereocenters. The van der Waals surface area contributed by atoms with Gasteiger partial charge < -0.3 is 10.2 Å². The van der Waals surface area contributed by atoms with Gasteiger partial charge in [0.25, 0.3) is 10.0 Å². The molecular weight excluding hydrogens is 380 g/mol. The van der Waals surface area contributed by atoms with Gasteiger partial charge in [-0.25, -0.2) is 8.42 Å². The topological polar surface area (TPSA) is 65.0 Å². The molecule has 27 heavy (non-hydrogen) atoms. The van der Waals surface area contributed by atoms with Crippen molar-refractivity contribution in [2.45, 2.75) is 44.7 Å². The molecule has 154 valence electrons. The molecule has 1 aliphatic heterocycles. The fraction of sp³-hybridized carbons (Fsp3) is 0.737. The molecule has 0 spiro atoms. The zero-order valence-corrected chi connectivity index (χ0v) is 18.9. The number of rotatable bonds is 7. The van der Waals surface area contributed by atoms with Crippen LogP contribution in [0.3, 0.4) is 0 Å². The Morgan fingerprint density at radius 1 is 1.26 bits per heavy atom.